The Morgan fingerprint density at radius 2 is 1.00 bits per heavy atom. The monoisotopic (exact) mass is 220 g/mol. The Kier molecular flexibility index (Phi) is 20.2. The average Bonchev–Trinajstić information content (AvgIpc) is 2.35. The second-order valence-electron chi connectivity index (χ2n) is 3.63. The molecular weight excluding hydrogens is 195 g/mol. The van der Waals surface area contributed by atoms with Gasteiger partial charge in [0.2, 0.25) is 0 Å². The molecule has 0 aromatic rings. The SMILES string of the molecule is C1CCOCC1.C1CCOCC1.C=C[CH2-].[Li+]. The van der Waals surface area contributed by atoms with Crippen LogP contribution < -0.4 is 18.9 Å². The maximum Gasteiger partial charge on any atom is 1.00 e. The van der Waals surface area contributed by atoms with Gasteiger partial charge in [-0.1, -0.05) is 0 Å². The van der Waals surface area contributed by atoms with E-state index in [0.717, 1.165) is 26.4 Å². The number of hydrogen-bond acceptors (Lipinski definition) is 2. The zero-order valence-corrected chi connectivity index (χ0v) is 10.9. The van der Waals surface area contributed by atoms with Crippen LogP contribution in [0.15, 0.2) is 12.7 Å². The van der Waals surface area contributed by atoms with E-state index < -0.39 is 0 Å². The normalized spacial score (nSPS) is 18.8. The fourth-order valence-electron chi connectivity index (χ4n) is 1.37. The van der Waals surface area contributed by atoms with E-state index in [9.17, 15) is 0 Å². The standard InChI is InChI=1S/2C5H10O.C3H5.Li/c2*1-2-4-6-5-3-1;1-3-2;/h2*1-5H2;3H,1-2H2;/q;;-1;+1. The van der Waals surface area contributed by atoms with Crippen molar-refractivity contribution >= 4 is 0 Å². The van der Waals surface area contributed by atoms with Crippen LogP contribution in [0.25, 0.3) is 0 Å². The van der Waals surface area contributed by atoms with E-state index in [-0.39, 0.29) is 18.9 Å². The van der Waals surface area contributed by atoms with Crippen molar-refractivity contribution in [3.05, 3.63) is 19.6 Å². The van der Waals surface area contributed by atoms with Crippen LogP contribution >= 0.6 is 0 Å². The molecule has 2 saturated heterocycles. The van der Waals surface area contributed by atoms with Crippen molar-refractivity contribution in [3.63, 3.8) is 0 Å². The molecule has 2 aliphatic heterocycles. The van der Waals surface area contributed by atoms with Gasteiger partial charge >= 0.3 is 18.9 Å². The van der Waals surface area contributed by atoms with Crippen LogP contribution in [0, 0.1) is 6.92 Å². The predicted molar refractivity (Wildman–Crippen MR) is 64.9 cm³/mol. The molecule has 0 aromatic heterocycles. The quantitative estimate of drug-likeness (QED) is 0.434. The molecule has 0 radical (unpaired) electrons. The first-order valence-electron chi connectivity index (χ1n) is 5.97. The first-order chi connectivity index (χ1) is 7.41. The molecule has 2 rings (SSSR count). The molecular formula is C13H25LiO2. The molecule has 2 heterocycles. The fraction of sp³-hybridized carbons (Fsp3) is 0.769. The van der Waals surface area contributed by atoms with E-state index in [2.05, 4.69) is 13.5 Å². The molecule has 0 N–H and O–H groups in total. The Morgan fingerprint density at radius 3 is 1.06 bits per heavy atom. The molecule has 2 aliphatic rings. The van der Waals surface area contributed by atoms with Crippen molar-refractivity contribution < 1.29 is 28.3 Å². The summed E-state index contributed by atoms with van der Waals surface area (Å²) in [5.41, 5.74) is 0. The zero-order chi connectivity index (χ0) is 11.2. The summed E-state index contributed by atoms with van der Waals surface area (Å²) in [6, 6.07) is 0. The Hall–Kier alpha value is 0.127. The van der Waals surface area contributed by atoms with Crippen molar-refractivity contribution in [2.24, 2.45) is 0 Å². The molecule has 2 nitrogen and oxygen atoms in total. The maximum absolute atomic E-state index is 5.07. The number of hydrogen-bond donors (Lipinski definition) is 0. The molecule has 0 aromatic carbocycles. The first-order valence-corrected chi connectivity index (χ1v) is 5.97. The van der Waals surface area contributed by atoms with Gasteiger partial charge in [0.25, 0.3) is 0 Å². The number of ether oxygens (including phenoxy) is 2. The molecule has 90 valence electrons. The van der Waals surface area contributed by atoms with E-state index in [0.29, 0.717) is 0 Å². The number of allylic oxidation sites excluding steroid dienone is 1. The predicted octanol–water partition coefficient (Wildman–Crippen LogP) is 0.384. The fourth-order valence-corrected chi connectivity index (χ4v) is 1.37. The maximum atomic E-state index is 5.07. The average molecular weight is 220 g/mol. The van der Waals surface area contributed by atoms with Gasteiger partial charge in [0.1, 0.15) is 0 Å². The van der Waals surface area contributed by atoms with Crippen LogP contribution in [0.1, 0.15) is 38.5 Å². The summed E-state index contributed by atoms with van der Waals surface area (Å²) in [7, 11) is 0. The molecule has 3 heteroatoms. The van der Waals surface area contributed by atoms with Gasteiger partial charge in [0.15, 0.2) is 0 Å². The van der Waals surface area contributed by atoms with Gasteiger partial charge in [-0.15, -0.1) is 0 Å². The van der Waals surface area contributed by atoms with Gasteiger partial charge in [0.05, 0.1) is 0 Å². The van der Waals surface area contributed by atoms with Crippen molar-refractivity contribution in [1.82, 2.24) is 0 Å². The minimum Gasteiger partial charge on any atom is -0.381 e. The molecule has 16 heavy (non-hydrogen) atoms. The second kappa shape index (κ2) is 17.5. The van der Waals surface area contributed by atoms with E-state index in [1.54, 1.807) is 0 Å². The Bertz CT molecular complexity index is 86.1. The second-order valence-corrected chi connectivity index (χ2v) is 3.63. The molecule has 0 unspecified atom stereocenters. The Morgan fingerprint density at radius 1 is 0.750 bits per heavy atom. The van der Waals surface area contributed by atoms with Crippen molar-refractivity contribution in [1.29, 1.82) is 0 Å². The molecule has 2 fully saturated rings. The summed E-state index contributed by atoms with van der Waals surface area (Å²) in [5, 5.41) is 0. The van der Waals surface area contributed by atoms with Gasteiger partial charge in [-0.25, -0.2) is 19.6 Å². The van der Waals surface area contributed by atoms with E-state index >= 15 is 0 Å². The van der Waals surface area contributed by atoms with Crippen LogP contribution in [0.4, 0.5) is 0 Å². The first kappa shape index (κ1) is 18.5. The molecule has 0 bridgehead atoms. The van der Waals surface area contributed by atoms with Gasteiger partial charge in [-0.05, 0) is 38.5 Å². The van der Waals surface area contributed by atoms with Crippen molar-refractivity contribution in [2.75, 3.05) is 26.4 Å². The van der Waals surface area contributed by atoms with E-state index in [4.69, 9.17) is 9.47 Å². The summed E-state index contributed by atoms with van der Waals surface area (Å²) in [5.74, 6) is 0. The van der Waals surface area contributed by atoms with Gasteiger partial charge in [-0.2, -0.15) is 0 Å². The van der Waals surface area contributed by atoms with Crippen LogP contribution in [0.2, 0.25) is 0 Å². The molecule has 0 saturated carbocycles. The van der Waals surface area contributed by atoms with Crippen LogP contribution in [0.5, 0.6) is 0 Å². The summed E-state index contributed by atoms with van der Waals surface area (Å²) < 4.78 is 10.1. The third-order valence-electron chi connectivity index (χ3n) is 2.15. The summed E-state index contributed by atoms with van der Waals surface area (Å²) in [6.45, 7) is 10.5. The van der Waals surface area contributed by atoms with Gasteiger partial charge in [-0.3, -0.25) is 0 Å². The summed E-state index contributed by atoms with van der Waals surface area (Å²) >= 11 is 0. The van der Waals surface area contributed by atoms with Crippen molar-refractivity contribution in [3.8, 4) is 0 Å². The summed E-state index contributed by atoms with van der Waals surface area (Å²) in [4.78, 5) is 0. The largest absolute Gasteiger partial charge is 1.00 e. The Balaban J connectivity index is 0. The third-order valence-corrected chi connectivity index (χ3v) is 2.15. The van der Waals surface area contributed by atoms with E-state index in [1.807, 2.05) is 0 Å². The molecule has 0 spiro atoms. The molecule has 0 amide bonds. The summed E-state index contributed by atoms with van der Waals surface area (Å²) in [6.07, 6.45) is 9.36. The Labute approximate surface area is 113 Å². The van der Waals surface area contributed by atoms with Crippen LogP contribution in [-0.4, -0.2) is 26.4 Å². The minimum absolute atomic E-state index is 0. The number of rotatable bonds is 0. The minimum atomic E-state index is 0. The smallest absolute Gasteiger partial charge is 0.381 e. The van der Waals surface area contributed by atoms with Gasteiger partial charge < -0.3 is 9.47 Å². The zero-order valence-electron chi connectivity index (χ0n) is 10.9. The van der Waals surface area contributed by atoms with E-state index in [1.165, 1.54) is 44.6 Å². The van der Waals surface area contributed by atoms with Crippen molar-refractivity contribution in [2.45, 2.75) is 38.5 Å². The molecule has 0 aliphatic carbocycles. The topological polar surface area (TPSA) is 18.5 Å². The van der Waals surface area contributed by atoms with Gasteiger partial charge in [0, 0.05) is 26.4 Å². The molecule has 0 atom stereocenters. The third kappa shape index (κ3) is 16.6. The van der Waals surface area contributed by atoms with Crippen LogP contribution in [-0.2, 0) is 9.47 Å². The van der Waals surface area contributed by atoms with Crippen LogP contribution in [0.3, 0.4) is 0 Å².